The van der Waals surface area contributed by atoms with Gasteiger partial charge < -0.3 is 5.73 Å². The van der Waals surface area contributed by atoms with Gasteiger partial charge in [0, 0.05) is 9.37 Å². The standard InChI is InChI=1S/C8H6BrNS2/c9-7-5(11)2-1-4-3-6(10)12-8(4)7/h1-3,11H,10H2. The van der Waals surface area contributed by atoms with Gasteiger partial charge in [-0.05, 0) is 33.4 Å². The Labute approximate surface area is 88.1 Å². The number of hydrogen-bond donors (Lipinski definition) is 2. The average Bonchev–Trinajstić information content (AvgIpc) is 2.39. The molecule has 1 aromatic heterocycles. The average molecular weight is 260 g/mol. The molecule has 0 amide bonds. The predicted molar refractivity (Wildman–Crippen MR) is 61.2 cm³/mol. The second kappa shape index (κ2) is 2.94. The molecule has 1 aromatic carbocycles. The van der Waals surface area contributed by atoms with E-state index in [0.29, 0.717) is 0 Å². The fourth-order valence-electron chi connectivity index (χ4n) is 1.08. The van der Waals surface area contributed by atoms with E-state index in [4.69, 9.17) is 5.73 Å². The van der Waals surface area contributed by atoms with Crippen LogP contribution in [0.5, 0.6) is 0 Å². The first-order valence-corrected chi connectivity index (χ1v) is 5.40. The van der Waals surface area contributed by atoms with E-state index in [-0.39, 0.29) is 0 Å². The Morgan fingerprint density at radius 3 is 2.92 bits per heavy atom. The molecule has 0 radical (unpaired) electrons. The Balaban J connectivity index is 2.89. The third-order valence-electron chi connectivity index (χ3n) is 1.62. The molecule has 0 spiro atoms. The van der Waals surface area contributed by atoms with Crippen LogP contribution in [0.25, 0.3) is 10.1 Å². The van der Waals surface area contributed by atoms with Gasteiger partial charge in [-0.25, -0.2) is 0 Å². The highest BCUT2D eigenvalue weighted by Crippen LogP contribution is 2.36. The summed E-state index contributed by atoms with van der Waals surface area (Å²) in [5, 5.41) is 2.01. The third kappa shape index (κ3) is 1.24. The lowest BCUT2D eigenvalue weighted by molar-refractivity contribution is 1.49. The largest absolute Gasteiger partial charge is 0.391 e. The number of rotatable bonds is 0. The van der Waals surface area contributed by atoms with Crippen molar-refractivity contribution in [1.82, 2.24) is 0 Å². The topological polar surface area (TPSA) is 26.0 Å². The molecule has 12 heavy (non-hydrogen) atoms. The van der Waals surface area contributed by atoms with Gasteiger partial charge in [0.05, 0.1) is 9.70 Å². The molecule has 0 aliphatic heterocycles. The number of nitrogen functional groups attached to an aromatic ring is 1. The SMILES string of the molecule is Nc1cc2ccc(S)c(Br)c2s1. The number of thiophene rings is 1. The number of fused-ring (bicyclic) bond motifs is 1. The minimum atomic E-state index is 0.838. The van der Waals surface area contributed by atoms with E-state index in [0.717, 1.165) is 14.4 Å². The summed E-state index contributed by atoms with van der Waals surface area (Å²) in [6, 6.07) is 5.95. The van der Waals surface area contributed by atoms with Crippen LogP contribution in [0.1, 0.15) is 0 Å². The first-order chi connectivity index (χ1) is 5.68. The quantitative estimate of drug-likeness (QED) is 0.696. The Hall–Kier alpha value is -0.190. The van der Waals surface area contributed by atoms with E-state index < -0.39 is 0 Å². The van der Waals surface area contributed by atoms with Crippen LogP contribution >= 0.6 is 39.9 Å². The van der Waals surface area contributed by atoms with E-state index in [1.54, 1.807) is 11.3 Å². The zero-order chi connectivity index (χ0) is 8.72. The van der Waals surface area contributed by atoms with E-state index in [9.17, 15) is 0 Å². The summed E-state index contributed by atoms with van der Waals surface area (Å²) in [6.07, 6.45) is 0. The summed E-state index contributed by atoms with van der Waals surface area (Å²) in [6.45, 7) is 0. The summed E-state index contributed by atoms with van der Waals surface area (Å²) in [5.74, 6) is 0. The fourth-order valence-corrected chi connectivity index (χ4v) is 2.81. The Bertz CT molecular complexity index is 436. The van der Waals surface area contributed by atoms with Gasteiger partial charge >= 0.3 is 0 Å². The first kappa shape index (κ1) is 8.41. The first-order valence-electron chi connectivity index (χ1n) is 3.35. The zero-order valence-electron chi connectivity index (χ0n) is 6.04. The molecule has 0 saturated heterocycles. The number of anilines is 1. The maximum absolute atomic E-state index is 5.68. The highest BCUT2D eigenvalue weighted by atomic mass is 79.9. The van der Waals surface area contributed by atoms with E-state index in [2.05, 4.69) is 28.6 Å². The van der Waals surface area contributed by atoms with Gasteiger partial charge in [0.1, 0.15) is 0 Å². The van der Waals surface area contributed by atoms with Crippen LogP contribution in [-0.2, 0) is 0 Å². The molecule has 4 heteroatoms. The second-order valence-corrected chi connectivity index (χ2v) is 4.82. The molecule has 0 aliphatic carbocycles. The van der Waals surface area contributed by atoms with Crippen LogP contribution in [-0.4, -0.2) is 0 Å². The van der Waals surface area contributed by atoms with Crippen molar-refractivity contribution in [1.29, 1.82) is 0 Å². The van der Waals surface area contributed by atoms with Gasteiger partial charge in [0.25, 0.3) is 0 Å². The van der Waals surface area contributed by atoms with Crippen molar-refractivity contribution in [2.45, 2.75) is 4.90 Å². The van der Waals surface area contributed by atoms with Gasteiger partial charge in [-0.1, -0.05) is 6.07 Å². The van der Waals surface area contributed by atoms with Crippen LogP contribution in [0.2, 0.25) is 0 Å². The highest BCUT2D eigenvalue weighted by molar-refractivity contribution is 9.10. The number of thiol groups is 1. The molecular formula is C8H6BrNS2. The third-order valence-corrected chi connectivity index (χ3v) is 4.39. The smallest absolute Gasteiger partial charge is 0.0869 e. The van der Waals surface area contributed by atoms with E-state index in [1.807, 2.05) is 18.2 Å². The zero-order valence-corrected chi connectivity index (χ0v) is 9.34. The van der Waals surface area contributed by atoms with Crippen LogP contribution in [0.15, 0.2) is 27.6 Å². The Morgan fingerprint density at radius 2 is 2.17 bits per heavy atom. The van der Waals surface area contributed by atoms with Crippen molar-refractivity contribution < 1.29 is 0 Å². The van der Waals surface area contributed by atoms with Crippen LogP contribution in [0.4, 0.5) is 5.00 Å². The summed E-state index contributed by atoms with van der Waals surface area (Å²) < 4.78 is 2.20. The summed E-state index contributed by atoms with van der Waals surface area (Å²) in [5.41, 5.74) is 5.68. The minimum Gasteiger partial charge on any atom is -0.391 e. The molecule has 0 bridgehead atoms. The van der Waals surface area contributed by atoms with Crippen LogP contribution < -0.4 is 5.73 Å². The summed E-state index contributed by atoms with van der Waals surface area (Å²) in [4.78, 5) is 0.948. The number of hydrogen-bond acceptors (Lipinski definition) is 3. The van der Waals surface area contributed by atoms with Crippen LogP contribution in [0.3, 0.4) is 0 Å². The van der Waals surface area contributed by atoms with Gasteiger partial charge in [0.2, 0.25) is 0 Å². The predicted octanol–water partition coefficient (Wildman–Crippen LogP) is 3.53. The maximum Gasteiger partial charge on any atom is 0.0869 e. The summed E-state index contributed by atoms with van der Waals surface area (Å²) in [7, 11) is 0. The van der Waals surface area contributed by atoms with Crippen LogP contribution in [0, 0.1) is 0 Å². The molecule has 62 valence electrons. The maximum atomic E-state index is 5.68. The van der Waals surface area contributed by atoms with Gasteiger partial charge in [-0.15, -0.1) is 24.0 Å². The lowest BCUT2D eigenvalue weighted by Gasteiger charge is -1.96. The molecule has 1 nitrogen and oxygen atoms in total. The van der Waals surface area contributed by atoms with Crippen molar-refractivity contribution in [3.8, 4) is 0 Å². The molecule has 0 saturated carbocycles. The summed E-state index contributed by atoms with van der Waals surface area (Å²) >= 11 is 9.35. The van der Waals surface area contributed by atoms with E-state index in [1.165, 1.54) is 10.1 Å². The molecular weight excluding hydrogens is 254 g/mol. The Morgan fingerprint density at radius 1 is 1.42 bits per heavy atom. The lowest BCUT2D eigenvalue weighted by Crippen LogP contribution is -1.72. The number of halogens is 1. The highest BCUT2D eigenvalue weighted by Gasteiger charge is 2.04. The van der Waals surface area contributed by atoms with Crippen molar-refractivity contribution in [2.24, 2.45) is 0 Å². The number of benzene rings is 1. The molecule has 0 fully saturated rings. The van der Waals surface area contributed by atoms with Gasteiger partial charge in [0.15, 0.2) is 0 Å². The van der Waals surface area contributed by atoms with Crippen molar-refractivity contribution in [2.75, 3.05) is 5.73 Å². The molecule has 2 N–H and O–H groups in total. The molecule has 2 aromatic rings. The van der Waals surface area contributed by atoms with Crippen molar-refractivity contribution in [3.05, 3.63) is 22.7 Å². The van der Waals surface area contributed by atoms with Crippen molar-refractivity contribution in [3.63, 3.8) is 0 Å². The molecule has 2 rings (SSSR count). The molecule has 1 heterocycles. The Kier molecular flexibility index (Phi) is 2.06. The minimum absolute atomic E-state index is 0.838. The molecule has 0 aliphatic rings. The van der Waals surface area contributed by atoms with Gasteiger partial charge in [-0.3, -0.25) is 0 Å². The number of nitrogens with two attached hydrogens (primary N) is 1. The van der Waals surface area contributed by atoms with Gasteiger partial charge in [-0.2, -0.15) is 0 Å². The van der Waals surface area contributed by atoms with Crippen molar-refractivity contribution >= 4 is 55.0 Å². The van der Waals surface area contributed by atoms with E-state index >= 15 is 0 Å². The monoisotopic (exact) mass is 259 g/mol. The molecule has 0 unspecified atom stereocenters. The molecule has 0 atom stereocenters. The normalized spacial score (nSPS) is 10.8. The lowest BCUT2D eigenvalue weighted by atomic mass is 10.3. The second-order valence-electron chi connectivity index (χ2n) is 2.47. The fraction of sp³-hybridized carbons (Fsp3) is 0.